The Morgan fingerprint density at radius 3 is 2.60 bits per heavy atom. The molecule has 4 N–H and O–H groups in total. The number of carbonyl (C=O) groups excluding carboxylic acids is 2. The lowest BCUT2D eigenvalue weighted by molar-refractivity contribution is -0.117. The summed E-state index contributed by atoms with van der Waals surface area (Å²) in [5.41, 5.74) is 7.92. The molecule has 0 heterocycles. The summed E-state index contributed by atoms with van der Waals surface area (Å²) in [7, 11) is 1.58. The van der Waals surface area contributed by atoms with Gasteiger partial charge in [0, 0.05) is 18.3 Å². The van der Waals surface area contributed by atoms with Crippen molar-refractivity contribution in [2.75, 3.05) is 12.4 Å². The fourth-order valence-electron chi connectivity index (χ4n) is 1.87. The van der Waals surface area contributed by atoms with Crippen molar-refractivity contribution in [3.8, 4) is 0 Å². The quantitative estimate of drug-likeness (QED) is 0.741. The average Bonchev–Trinajstić information content (AvgIpc) is 2.45. The largest absolute Gasteiger partial charge is 0.355 e. The molecule has 0 aliphatic heterocycles. The van der Waals surface area contributed by atoms with Crippen molar-refractivity contribution in [1.29, 1.82) is 0 Å². The molecule has 1 atom stereocenters. The highest BCUT2D eigenvalue weighted by Gasteiger charge is 2.14. The first-order chi connectivity index (χ1) is 9.49. The lowest BCUT2D eigenvalue weighted by atomic mass is 10.1. The highest BCUT2D eigenvalue weighted by atomic mass is 16.2. The van der Waals surface area contributed by atoms with Crippen LogP contribution >= 0.6 is 0 Å². The van der Waals surface area contributed by atoms with E-state index in [0.29, 0.717) is 17.7 Å². The summed E-state index contributed by atoms with van der Waals surface area (Å²) in [5.74, 6) is -0.333. The minimum absolute atomic E-state index is 0.148. The highest BCUT2D eigenvalue weighted by molar-refractivity contribution is 5.97. The number of hydrogen-bond donors (Lipinski definition) is 3. The number of rotatable bonds is 6. The molecule has 0 aromatic heterocycles. The van der Waals surface area contributed by atoms with Gasteiger partial charge >= 0.3 is 0 Å². The van der Waals surface area contributed by atoms with E-state index in [1.54, 1.807) is 25.2 Å². The van der Waals surface area contributed by atoms with E-state index < -0.39 is 6.04 Å². The molecule has 0 spiro atoms. The van der Waals surface area contributed by atoms with Crippen LogP contribution in [0, 0.1) is 6.92 Å². The van der Waals surface area contributed by atoms with Gasteiger partial charge in [-0.2, -0.15) is 0 Å². The van der Waals surface area contributed by atoms with Gasteiger partial charge in [0.25, 0.3) is 5.91 Å². The molecule has 20 heavy (non-hydrogen) atoms. The number of anilines is 1. The molecule has 110 valence electrons. The lowest BCUT2D eigenvalue weighted by Gasteiger charge is -2.14. The van der Waals surface area contributed by atoms with Crippen molar-refractivity contribution in [3.63, 3.8) is 0 Å². The van der Waals surface area contributed by atoms with E-state index in [1.165, 1.54) is 0 Å². The van der Waals surface area contributed by atoms with Crippen LogP contribution in [0.4, 0.5) is 5.69 Å². The standard InChI is InChI=1S/C15H23N3O2/c1-4-5-6-12(16)15(20)18-13-8-7-11(9-10(13)2)14(19)17-3/h7-9,12H,4-6,16H2,1-3H3,(H,17,19)(H,18,20). The molecule has 0 aliphatic carbocycles. The van der Waals surface area contributed by atoms with Gasteiger partial charge in [-0.15, -0.1) is 0 Å². The second-order valence-corrected chi connectivity index (χ2v) is 4.85. The number of hydrogen-bond acceptors (Lipinski definition) is 3. The molecule has 5 heteroatoms. The third kappa shape index (κ3) is 4.35. The molecule has 0 radical (unpaired) electrons. The number of carbonyl (C=O) groups is 2. The first kappa shape index (κ1) is 16.2. The zero-order valence-electron chi connectivity index (χ0n) is 12.3. The summed E-state index contributed by atoms with van der Waals surface area (Å²) in [4.78, 5) is 23.4. The molecule has 0 saturated carbocycles. The predicted octanol–water partition coefficient (Wildman–Crippen LogP) is 1.81. The number of nitrogens with one attached hydrogen (secondary N) is 2. The van der Waals surface area contributed by atoms with Crippen LogP contribution in [0.15, 0.2) is 18.2 Å². The van der Waals surface area contributed by atoms with Gasteiger partial charge < -0.3 is 16.4 Å². The van der Waals surface area contributed by atoms with E-state index in [1.807, 2.05) is 6.92 Å². The Bertz CT molecular complexity index is 486. The summed E-state index contributed by atoms with van der Waals surface area (Å²) in [6, 6.07) is 4.66. The molecule has 2 amide bonds. The second-order valence-electron chi connectivity index (χ2n) is 4.85. The van der Waals surface area contributed by atoms with E-state index in [0.717, 1.165) is 18.4 Å². The maximum absolute atomic E-state index is 11.9. The summed E-state index contributed by atoms with van der Waals surface area (Å²) in [6.45, 7) is 3.91. The SMILES string of the molecule is CCCCC(N)C(=O)Nc1ccc(C(=O)NC)cc1C. The van der Waals surface area contributed by atoms with Gasteiger partial charge in [-0.1, -0.05) is 19.8 Å². The fourth-order valence-corrected chi connectivity index (χ4v) is 1.87. The van der Waals surface area contributed by atoms with E-state index in [-0.39, 0.29) is 11.8 Å². The van der Waals surface area contributed by atoms with Gasteiger partial charge in [0.05, 0.1) is 6.04 Å². The van der Waals surface area contributed by atoms with E-state index in [9.17, 15) is 9.59 Å². The second kappa shape index (κ2) is 7.65. The molecule has 1 aromatic rings. The van der Waals surface area contributed by atoms with Crippen LogP contribution in [0.5, 0.6) is 0 Å². The van der Waals surface area contributed by atoms with Crippen LogP contribution < -0.4 is 16.4 Å². The van der Waals surface area contributed by atoms with Crippen molar-refractivity contribution in [1.82, 2.24) is 5.32 Å². The van der Waals surface area contributed by atoms with Gasteiger partial charge in [-0.25, -0.2) is 0 Å². The van der Waals surface area contributed by atoms with Gasteiger partial charge in [0.1, 0.15) is 0 Å². The lowest BCUT2D eigenvalue weighted by Crippen LogP contribution is -2.35. The van der Waals surface area contributed by atoms with Crippen molar-refractivity contribution in [2.45, 2.75) is 39.2 Å². The van der Waals surface area contributed by atoms with Crippen molar-refractivity contribution in [2.24, 2.45) is 5.73 Å². The molecule has 0 saturated heterocycles. The van der Waals surface area contributed by atoms with Crippen LogP contribution in [0.3, 0.4) is 0 Å². The molecule has 1 unspecified atom stereocenters. The maximum Gasteiger partial charge on any atom is 0.251 e. The van der Waals surface area contributed by atoms with Gasteiger partial charge in [0.15, 0.2) is 0 Å². The minimum atomic E-state index is -0.493. The van der Waals surface area contributed by atoms with Crippen LogP contribution in [-0.4, -0.2) is 24.9 Å². The van der Waals surface area contributed by atoms with E-state index >= 15 is 0 Å². The van der Waals surface area contributed by atoms with Gasteiger partial charge in [-0.05, 0) is 37.1 Å². The monoisotopic (exact) mass is 277 g/mol. The van der Waals surface area contributed by atoms with Crippen molar-refractivity contribution < 1.29 is 9.59 Å². The summed E-state index contributed by atoms with van der Waals surface area (Å²) < 4.78 is 0. The average molecular weight is 277 g/mol. The van der Waals surface area contributed by atoms with Crippen LogP contribution in [0.25, 0.3) is 0 Å². The van der Waals surface area contributed by atoms with E-state index in [2.05, 4.69) is 17.6 Å². The Morgan fingerprint density at radius 2 is 2.05 bits per heavy atom. The maximum atomic E-state index is 11.9. The number of amides is 2. The van der Waals surface area contributed by atoms with E-state index in [4.69, 9.17) is 5.73 Å². The molecule has 0 bridgehead atoms. The Kier molecular flexibility index (Phi) is 6.18. The number of unbranched alkanes of at least 4 members (excludes halogenated alkanes) is 1. The van der Waals surface area contributed by atoms with Crippen molar-refractivity contribution in [3.05, 3.63) is 29.3 Å². The first-order valence-corrected chi connectivity index (χ1v) is 6.88. The third-order valence-electron chi connectivity index (χ3n) is 3.18. The fraction of sp³-hybridized carbons (Fsp3) is 0.467. The summed E-state index contributed by atoms with van der Waals surface area (Å²) in [6.07, 6.45) is 2.63. The van der Waals surface area contributed by atoms with Crippen LogP contribution in [-0.2, 0) is 4.79 Å². The molecule has 0 aliphatic rings. The Hall–Kier alpha value is -1.88. The Balaban J connectivity index is 2.73. The molecule has 5 nitrogen and oxygen atoms in total. The molecule has 1 aromatic carbocycles. The van der Waals surface area contributed by atoms with Crippen molar-refractivity contribution >= 4 is 17.5 Å². The molecular weight excluding hydrogens is 254 g/mol. The van der Waals surface area contributed by atoms with Gasteiger partial charge in [0.2, 0.25) is 5.91 Å². The number of nitrogens with two attached hydrogens (primary N) is 1. The number of aryl methyl sites for hydroxylation is 1. The summed E-state index contributed by atoms with van der Waals surface area (Å²) >= 11 is 0. The zero-order valence-corrected chi connectivity index (χ0v) is 12.3. The normalized spacial score (nSPS) is 11.8. The number of benzene rings is 1. The topological polar surface area (TPSA) is 84.2 Å². The van der Waals surface area contributed by atoms with Crippen LogP contribution in [0.1, 0.15) is 42.1 Å². The minimum Gasteiger partial charge on any atom is -0.355 e. The molecule has 0 fully saturated rings. The summed E-state index contributed by atoms with van der Waals surface area (Å²) in [5, 5.41) is 5.37. The predicted molar refractivity (Wildman–Crippen MR) is 80.7 cm³/mol. The highest BCUT2D eigenvalue weighted by Crippen LogP contribution is 2.17. The molecular formula is C15H23N3O2. The zero-order chi connectivity index (χ0) is 15.1. The Labute approximate surface area is 119 Å². The first-order valence-electron chi connectivity index (χ1n) is 6.88. The smallest absolute Gasteiger partial charge is 0.251 e. The Morgan fingerprint density at radius 1 is 1.35 bits per heavy atom. The van der Waals surface area contributed by atoms with Crippen LogP contribution in [0.2, 0.25) is 0 Å². The third-order valence-corrected chi connectivity index (χ3v) is 3.18. The molecule has 1 rings (SSSR count). The van der Waals surface area contributed by atoms with Gasteiger partial charge in [-0.3, -0.25) is 9.59 Å².